The summed E-state index contributed by atoms with van der Waals surface area (Å²) in [4.78, 5) is 21.7. The zero-order chi connectivity index (χ0) is 17.2. The molecule has 2 saturated heterocycles. The van der Waals surface area contributed by atoms with Gasteiger partial charge in [0, 0.05) is 64.6 Å². The van der Waals surface area contributed by atoms with E-state index in [0.717, 1.165) is 50.6 Å². The summed E-state index contributed by atoms with van der Waals surface area (Å²) >= 11 is 0. The van der Waals surface area contributed by atoms with E-state index in [4.69, 9.17) is 0 Å². The van der Waals surface area contributed by atoms with Gasteiger partial charge in [-0.2, -0.15) is 5.10 Å². The molecule has 2 fully saturated rings. The maximum absolute atomic E-state index is 13.1. The van der Waals surface area contributed by atoms with Crippen LogP contribution in [-0.2, 0) is 11.8 Å². The topological polar surface area (TPSA) is 66.3 Å². The van der Waals surface area contributed by atoms with Crippen molar-refractivity contribution in [1.29, 1.82) is 0 Å². The van der Waals surface area contributed by atoms with Crippen molar-refractivity contribution in [1.82, 2.24) is 25.0 Å². The largest absolute Gasteiger partial charge is 0.353 e. The molecule has 4 heterocycles. The van der Waals surface area contributed by atoms with Crippen LogP contribution in [0.25, 0.3) is 0 Å². The van der Waals surface area contributed by atoms with Gasteiger partial charge in [-0.05, 0) is 17.7 Å². The summed E-state index contributed by atoms with van der Waals surface area (Å²) in [5.74, 6) is 1.48. The third-order valence-corrected chi connectivity index (χ3v) is 5.25. The van der Waals surface area contributed by atoms with Gasteiger partial charge in [0.25, 0.3) is 0 Å². The molecule has 2 aliphatic heterocycles. The van der Waals surface area contributed by atoms with E-state index in [1.54, 1.807) is 4.68 Å². The highest BCUT2D eigenvalue weighted by atomic mass is 16.2. The molecule has 1 N–H and O–H groups in total. The number of aromatic nitrogens is 3. The Morgan fingerprint density at radius 2 is 2.04 bits per heavy atom. The minimum absolute atomic E-state index is 0.00519. The van der Waals surface area contributed by atoms with Crippen molar-refractivity contribution in [3.05, 3.63) is 42.4 Å². The lowest BCUT2D eigenvalue weighted by molar-refractivity contribution is -0.135. The van der Waals surface area contributed by atoms with Crippen LogP contribution >= 0.6 is 0 Å². The summed E-state index contributed by atoms with van der Waals surface area (Å²) in [6, 6.07) is 5.95. The van der Waals surface area contributed by atoms with Crippen LogP contribution in [0.2, 0.25) is 0 Å². The van der Waals surface area contributed by atoms with Gasteiger partial charge in [-0.1, -0.05) is 6.07 Å². The molecule has 0 saturated carbocycles. The van der Waals surface area contributed by atoms with Crippen LogP contribution < -0.4 is 10.2 Å². The molecule has 2 aromatic heterocycles. The van der Waals surface area contributed by atoms with Crippen LogP contribution in [0.3, 0.4) is 0 Å². The van der Waals surface area contributed by atoms with Gasteiger partial charge in [0.1, 0.15) is 5.82 Å². The van der Waals surface area contributed by atoms with Crippen molar-refractivity contribution in [3.8, 4) is 0 Å². The van der Waals surface area contributed by atoms with Crippen molar-refractivity contribution in [2.75, 3.05) is 44.2 Å². The van der Waals surface area contributed by atoms with E-state index in [1.807, 2.05) is 48.7 Å². The highest BCUT2D eigenvalue weighted by molar-refractivity contribution is 5.81. The minimum atomic E-state index is 0.00519. The first-order chi connectivity index (χ1) is 12.2. The van der Waals surface area contributed by atoms with Crippen molar-refractivity contribution in [3.63, 3.8) is 0 Å². The molecule has 0 aromatic carbocycles. The zero-order valence-electron chi connectivity index (χ0n) is 14.5. The average Bonchev–Trinajstić information content (AvgIpc) is 3.31. The number of nitrogens with one attached hydrogen (secondary N) is 1. The SMILES string of the molecule is Cn1cc([C@H]2CNC[C@@H]2C(=O)N2CCN(c3ccccn3)CC2)cn1. The molecule has 132 valence electrons. The van der Waals surface area contributed by atoms with Crippen molar-refractivity contribution >= 4 is 11.7 Å². The third-order valence-electron chi connectivity index (χ3n) is 5.25. The maximum atomic E-state index is 13.1. The second-order valence-electron chi connectivity index (χ2n) is 6.82. The second-order valence-corrected chi connectivity index (χ2v) is 6.82. The van der Waals surface area contributed by atoms with Gasteiger partial charge in [0.2, 0.25) is 5.91 Å². The van der Waals surface area contributed by atoms with E-state index in [0.29, 0.717) is 0 Å². The Morgan fingerprint density at radius 3 is 2.72 bits per heavy atom. The molecule has 0 radical (unpaired) electrons. The van der Waals surface area contributed by atoms with Gasteiger partial charge in [-0.25, -0.2) is 4.98 Å². The summed E-state index contributed by atoms with van der Waals surface area (Å²) in [7, 11) is 1.92. The van der Waals surface area contributed by atoms with Crippen LogP contribution in [0.4, 0.5) is 5.82 Å². The third kappa shape index (κ3) is 3.24. The normalized spacial score (nSPS) is 23.9. The molecule has 25 heavy (non-hydrogen) atoms. The lowest BCUT2D eigenvalue weighted by Crippen LogP contribution is -2.51. The molecular formula is C18H24N6O. The van der Waals surface area contributed by atoms with Gasteiger partial charge >= 0.3 is 0 Å². The first kappa shape index (κ1) is 16.1. The number of aryl methyl sites for hydroxylation is 1. The molecular weight excluding hydrogens is 316 g/mol. The highest BCUT2D eigenvalue weighted by Crippen LogP contribution is 2.29. The molecule has 2 aromatic rings. The maximum Gasteiger partial charge on any atom is 0.227 e. The monoisotopic (exact) mass is 340 g/mol. The fourth-order valence-electron chi connectivity index (χ4n) is 3.85. The Balaban J connectivity index is 1.40. The van der Waals surface area contributed by atoms with E-state index in [9.17, 15) is 4.79 Å². The molecule has 0 unspecified atom stereocenters. The number of anilines is 1. The predicted molar refractivity (Wildman–Crippen MR) is 95.3 cm³/mol. The summed E-state index contributed by atoms with van der Waals surface area (Å²) < 4.78 is 1.81. The Hall–Kier alpha value is -2.41. The second kappa shape index (κ2) is 6.84. The van der Waals surface area contributed by atoms with E-state index in [2.05, 4.69) is 20.3 Å². The van der Waals surface area contributed by atoms with E-state index < -0.39 is 0 Å². The highest BCUT2D eigenvalue weighted by Gasteiger charge is 2.37. The number of carbonyl (C=O) groups excluding carboxylic acids is 1. The molecule has 0 spiro atoms. The fourth-order valence-corrected chi connectivity index (χ4v) is 3.85. The molecule has 7 nitrogen and oxygen atoms in total. The van der Waals surface area contributed by atoms with Gasteiger partial charge in [-0.15, -0.1) is 0 Å². The van der Waals surface area contributed by atoms with Crippen LogP contribution in [0.15, 0.2) is 36.8 Å². The van der Waals surface area contributed by atoms with E-state index in [-0.39, 0.29) is 17.7 Å². The summed E-state index contributed by atoms with van der Waals surface area (Å²) in [6.07, 6.45) is 5.73. The Morgan fingerprint density at radius 1 is 1.20 bits per heavy atom. The van der Waals surface area contributed by atoms with Crippen LogP contribution in [0.1, 0.15) is 11.5 Å². The molecule has 1 amide bonds. The number of rotatable bonds is 3. The molecule has 7 heteroatoms. The minimum Gasteiger partial charge on any atom is -0.353 e. The molecule has 4 rings (SSSR count). The number of carbonyl (C=O) groups is 1. The number of amides is 1. The quantitative estimate of drug-likeness (QED) is 0.880. The fraction of sp³-hybridized carbons (Fsp3) is 0.500. The summed E-state index contributed by atoms with van der Waals surface area (Å²) in [5, 5.41) is 7.64. The zero-order valence-corrected chi connectivity index (χ0v) is 14.5. The Bertz CT molecular complexity index is 722. The van der Waals surface area contributed by atoms with E-state index in [1.165, 1.54) is 0 Å². The Labute approximate surface area is 147 Å². The van der Waals surface area contributed by atoms with Gasteiger partial charge < -0.3 is 15.1 Å². The molecule has 2 atom stereocenters. The number of pyridine rings is 1. The van der Waals surface area contributed by atoms with Crippen molar-refractivity contribution in [2.24, 2.45) is 13.0 Å². The Kier molecular flexibility index (Phi) is 4.40. The predicted octanol–water partition coefficient (Wildman–Crippen LogP) is 0.467. The van der Waals surface area contributed by atoms with Gasteiger partial charge in [0.05, 0.1) is 12.1 Å². The van der Waals surface area contributed by atoms with Crippen molar-refractivity contribution < 1.29 is 4.79 Å². The number of piperazine rings is 1. The van der Waals surface area contributed by atoms with Crippen LogP contribution in [0, 0.1) is 5.92 Å². The molecule has 0 aliphatic carbocycles. The lowest BCUT2D eigenvalue weighted by atomic mass is 9.89. The van der Waals surface area contributed by atoms with Gasteiger partial charge in [0.15, 0.2) is 0 Å². The smallest absolute Gasteiger partial charge is 0.227 e. The number of hydrogen-bond acceptors (Lipinski definition) is 5. The van der Waals surface area contributed by atoms with Gasteiger partial charge in [-0.3, -0.25) is 9.48 Å². The summed E-state index contributed by atoms with van der Waals surface area (Å²) in [6.45, 7) is 4.77. The molecule has 0 bridgehead atoms. The standard InChI is InChI=1S/C18H24N6O/c1-22-13-14(10-21-22)15-11-19-12-16(15)18(25)24-8-6-23(7-9-24)17-4-2-3-5-20-17/h2-5,10,13,15-16,19H,6-9,11-12H2,1H3/t15-,16+/m1/s1. The first-order valence-electron chi connectivity index (χ1n) is 8.86. The number of hydrogen-bond donors (Lipinski definition) is 1. The average molecular weight is 340 g/mol. The molecule has 2 aliphatic rings. The van der Waals surface area contributed by atoms with E-state index >= 15 is 0 Å². The van der Waals surface area contributed by atoms with Crippen molar-refractivity contribution in [2.45, 2.75) is 5.92 Å². The summed E-state index contributed by atoms with van der Waals surface area (Å²) in [5.41, 5.74) is 1.15. The first-order valence-corrected chi connectivity index (χ1v) is 8.86. The number of nitrogens with zero attached hydrogens (tertiary/aromatic N) is 5. The van der Waals surface area contributed by atoms with Crippen LogP contribution in [-0.4, -0.2) is 64.8 Å². The lowest BCUT2D eigenvalue weighted by Gasteiger charge is -2.37. The van der Waals surface area contributed by atoms with Crippen LogP contribution in [0.5, 0.6) is 0 Å².